The van der Waals surface area contributed by atoms with Gasteiger partial charge in [-0.2, -0.15) is 0 Å². The van der Waals surface area contributed by atoms with E-state index < -0.39 is 17.7 Å². The molecule has 41 heavy (non-hydrogen) atoms. The van der Waals surface area contributed by atoms with Gasteiger partial charge in [0.15, 0.2) is 16.8 Å². The number of rotatable bonds is 5. The van der Waals surface area contributed by atoms with E-state index in [2.05, 4.69) is 15.5 Å². The third-order valence-corrected chi connectivity index (χ3v) is 8.12. The number of phenolic OH excluding ortho intramolecular Hbond substituents is 1. The smallest absolute Gasteiger partial charge is 0.262 e. The summed E-state index contributed by atoms with van der Waals surface area (Å²) in [5.41, 5.74) is 2.88. The molecule has 1 aliphatic heterocycles. The fraction of sp³-hybridized carbons (Fsp3) is 0.250. The molecule has 0 spiro atoms. The molecule has 10 nitrogen and oxygen atoms in total. The summed E-state index contributed by atoms with van der Waals surface area (Å²) in [4.78, 5) is 36.7. The molecule has 5 aromatic rings. The Hall–Kier alpha value is -4.65. The number of carbonyl (C=O) groups is 2. The van der Waals surface area contributed by atoms with Crippen LogP contribution in [0.4, 0.5) is 14.5 Å². The Morgan fingerprint density at radius 1 is 1.20 bits per heavy atom. The van der Waals surface area contributed by atoms with Crippen LogP contribution in [-0.2, 0) is 4.79 Å². The van der Waals surface area contributed by atoms with Gasteiger partial charge in [-0.1, -0.05) is 16.5 Å². The molecule has 2 aromatic carbocycles. The number of amides is 2. The molecule has 1 atom stereocenters. The van der Waals surface area contributed by atoms with Crippen molar-refractivity contribution in [2.45, 2.75) is 39.2 Å². The fourth-order valence-corrected chi connectivity index (χ4v) is 6.21. The van der Waals surface area contributed by atoms with Gasteiger partial charge in [0.1, 0.15) is 27.7 Å². The Bertz CT molecular complexity index is 1830. The number of imidazole rings is 1. The first-order chi connectivity index (χ1) is 19.7. The second kappa shape index (κ2) is 10.1. The average molecular weight is 579 g/mol. The molecule has 2 N–H and O–H groups in total. The summed E-state index contributed by atoms with van der Waals surface area (Å²) in [6.07, 6.45) is 2.63. The number of halogens is 2. The van der Waals surface area contributed by atoms with Crippen LogP contribution in [0.1, 0.15) is 52.3 Å². The first-order valence-electron chi connectivity index (χ1n) is 12.8. The number of anilines is 1. The van der Waals surface area contributed by atoms with Crippen LogP contribution in [0.2, 0.25) is 0 Å². The maximum Gasteiger partial charge on any atom is 0.262 e. The van der Waals surface area contributed by atoms with Crippen molar-refractivity contribution < 1.29 is 28.0 Å². The zero-order chi connectivity index (χ0) is 29.0. The Morgan fingerprint density at radius 2 is 2.00 bits per heavy atom. The van der Waals surface area contributed by atoms with Crippen molar-refractivity contribution in [3.63, 3.8) is 0 Å². The molecule has 1 aliphatic rings. The topological polar surface area (TPSA) is 126 Å². The summed E-state index contributed by atoms with van der Waals surface area (Å²) in [6, 6.07) is 5.96. The van der Waals surface area contributed by atoms with E-state index in [1.807, 2.05) is 0 Å². The number of aryl methyl sites for hydroxylation is 2. The lowest BCUT2D eigenvalue weighted by atomic mass is 9.99. The summed E-state index contributed by atoms with van der Waals surface area (Å²) in [6.45, 7) is 3.56. The van der Waals surface area contributed by atoms with Gasteiger partial charge in [0.05, 0.1) is 23.4 Å². The average Bonchev–Trinajstić information content (AvgIpc) is 3.66. The largest absolute Gasteiger partial charge is 0.506 e. The number of fused-ring (bicyclic) bond motifs is 1. The van der Waals surface area contributed by atoms with Gasteiger partial charge < -0.3 is 19.8 Å². The molecular formula is C28H24F2N6O4S. The Kier molecular flexibility index (Phi) is 6.53. The number of phenols is 1. The third-order valence-electron chi connectivity index (χ3n) is 7.14. The minimum Gasteiger partial charge on any atom is -0.506 e. The first kappa shape index (κ1) is 26.6. The number of benzene rings is 2. The lowest BCUT2D eigenvalue weighted by Crippen LogP contribution is -2.39. The minimum absolute atomic E-state index is 0.116. The SMILES string of the molecule is CNC(=O)c1cnc(-n2c([C@@H]3CCCC(=O)N3c3ccc(F)c(F)c3)nc3cc(-c4c(C)noc4C)cc(O)c32)s1. The van der Waals surface area contributed by atoms with E-state index in [1.165, 1.54) is 24.2 Å². The Balaban J connectivity index is 1.60. The lowest BCUT2D eigenvalue weighted by Gasteiger charge is -2.35. The number of nitrogens with zero attached hydrogens (tertiary/aromatic N) is 5. The van der Waals surface area contributed by atoms with Gasteiger partial charge in [0, 0.05) is 30.8 Å². The number of piperidine rings is 1. The molecule has 0 saturated carbocycles. The summed E-state index contributed by atoms with van der Waals surface area (Å²) < 4.78 is 35.0. The highest BCUT2D eigenvalue weighted by molar-refractivity contribution is 7.16. The van der Waals surface area contributed by atoms with Gasteiger partial charge in [-0.05, 0) is 56.5 Å². The summed E-state index contributed by atoms with van der Waals surface area (Å²) >= 11 is 1.08. The quantitative estimate of drug-likeness (QED) is 0.288. The molecule has 0 aliphatic carbocycles. The van der Waals surface area contributed by atoms with E-state index in [9.17, 15) is 23.5 Å². The second-order valence-corrected chi connectivity index (χ2v) is 10.7. The molecule has 6 rings (SSSR count). The number of aromatic nitrogens is 4. The highest BCUT2D eigenvalue weighted by Gasteiger charge is 2.36. The van der Waals surface area contributed by atoms with Gasteiger partial charge in [-0.15, -0.1) is 0 Å². The number of aromatic hydroxyl groups is 1. The molecule has 1 saturated heterocycles. The van der Waals surface area contributed by atoms with Crippen LogP contribution in [0.15, 0.2) is 41.1 Å². The van der Waals surface area contributed by atoms with E-state index in [4.69, 9.17) is 9.51 Å². The molecule has 210 valence electrons. The van der Waals surface area contributed by atoms with Gasteiger partial charge in [0.2, 0.25) is 5.91 Å². The van der Waals surface area contributed by atoms with E-state index in [-0.39, 0.29) is 29.7 Å². The van der Waals surface area contributed by atoms with Crippen LogP contribution in [0.25, 0.3) is 27.3 Å². The van der Waals surface area contributed by atoms with Crippen molar-refractivity contribution in [1.82, 2.24) is 25.0 Å². The van der Waals surface area contributed by atoms with E-state index >= 15 is 0 Å². The number of hydrogen-bond acceptors (Lipinski definition) is 8. The zero-order valence-corrected chi connectivity index (χ0v) is 23.1. The van der Waals surface area contributed by atoms with Crippen LogP contribution >= 0.6 is 11.3 Å². The zero-order valence-electron chi connectivity index (χ0n) is 22.2. The van der Waals surface area contributed by atoms with Crippen LogP contribution in [-0.4, -0.2) is 43.7 Å². The van der Waals surface area contributed by atoms with Crippen molar-refractivity contribution in [3.05, 3.63) is 70.3 Å². The van der Waals surface area contributed by atoms with Crippen molar-refractivity contribution in [1.29, 1.82) is 0 Å². The number of nitrogens with one attached hydrogen (secondary N) is 1. The second-order valence-electron chi connectivity index (χ2n) is 9.72. The molecule has 4 heterocycles. The van der Waals surface area contributed by atoms with E-state index in [1.54, 1.807) is 30.5 Å². The number of carbonyl (C=O) groups excluding carboxylic acids is 2. The molecular weight excluding hydrogens is 554 g/mol. The van der Waals surface area contributed by atoms with E-state index in [0.717, 1.165) is 23.5 Å². The van der Waals surface area contributed by atoms with Gasteiger partial charge in [-0.3, -0.25) is 14.2 Å². The summed E-state index contributed by atoms with van der Waals surface area (Å²) in [5.74, 6) is -1.92. The summed E-state index contributed by atoms with van der Waals surface area (Å²) in [5, 5.41) is 18.3. The lowest BCUT2D eigenvalue weighted by molar-refractivity contribution is -0.120. The summed E-state index contributed by atoms with van der Waals surface area (Å²) in [7, 11) is 1.51. The van der Waals surface area contributed by atoms with Crippen molar-refractivity contribution in [2.24, 2.45) is 0 Å². The third kappa shape index (κ3) is 4.42. The van der Waals surface area contributed by atoms with Crippen molar-refractivity contribution in [2.75, 3.05) is 11.9 Å². The molecule has 0 unspecified atom stereocenters. The predicted molar refractivity (Wildman–Crippen MR) is 147 cm³/mol. The fourth-order valence-electron chi connectivity index (χ4n) is 5.33. The van der Waals surface area contributed by atoms with Crippen molar-refractivity contribution in [3.8, 4) is 22.0 Å². The molecule has 2 amide bonds. The predicted octanol–water partition coefficient (Wildman–Crippen LogP) is 5.36. The molecule has 3 aromatic heterocycles. The van der Waals surface area contributed by atoms with Gasteiger partial charge in [-0.25, -0.2) is 18.7 Å². The molecule has 0 radical (unpaired) electrons. The Morgan fingerprint density at radius 3 is 2.71 bits per heavy atom. The molecule has 13 heteroatoms. The monoisotopic (exact) mass is 578 g/mol. The Labute approximate surface area is 236 Å². The van der Waals surface area contributed by atoms with Crippen molar-refractivity contribution >= 4 is 39.9 Å². The highest BCUT2D eigenvalue weighted by atomic mass is 32.1. The van der Waals surface area contributed by atoms with Crippen LogP contribution in [0.3, 0.4) is 0 Å². The maximum atomic E-state index is 14.3. The van der Waals surface area contributed by atoms with Gasteiger partial charge >= 0.3 is 0 Å². The first-order valence-corrected chi connectivity index (χ1v) is 13.6. The van der Waals surface area contributed by atoms with E-state index in [0.29, 0.717) is 62.3 Å². The number of thiazole rings is 1. The molecule has 1 fully saturated rings. The van der Waals surface area contributed by atoms with Crippen LogP contribution < -0.4 is 10.2 Å². The minimum atomic E-state index is -1.08. The molecule has 0 bridgehead atoms. The van der Waals surface area contributed by atoms with Crippen LogP contribution in [0.5, 0.6) is 5.75 Å². The maximum absolute atomic E-state index is 14.3. The highest BCUT2D eigenvalue weighted by Crippen LogP contribution is 2.42. The standard InChI is InChI=1S/C28H24F2N6O4S/c1-13-24(14(2)40-34-13)15-9-19-25(21(37)10-15)36(28-32-12-22(41-28)27(39)31-3)26(33-19)20-5-4-6-23(38)35(20)16-7-8-17(29)18(30)11-16/h7-12,20,37H,4-6H2,1-3H3,(H,31,39)/t20-/m0/s1. The number of hydrogen-bond donors (Lipinski definition) is 2. The van der Waals surface area contributed by atoms with Crippen LogP contribution in [0, 0.1) is 25.5 Å². The van der Waals surface area contributed by atoms with Gasteiger partial charge in [0.25, 0.3) is 5.91 Å². The normalized spacial score (nSPS) is 15.6.